The molecule has 1 saturated heterocycles. The molecule has 1 heterocycles. The van der Waals surface area contributed by atoms with Crippen LogP contribution in [-0.2, 0) is 4.74 Å². The molecule has 2 rings (SSSR count). The highest BCUT2D eigenvalue weighted by Crippen LogP contribution is 2.39. The number of hydrogen-bond donors (Lipinski definition) is 2. The zero-order chi connectivity index (χ0) is 12.4. The van der Waals surface area contributed by atoms with Crippen molar-refractivity contribution in [2.24, 2.45) is 0 Å². The zero-order valence-electron chi connectivity index (χ0n) is 9.30. The molecule has 2 N–H and O–H groups in total. The third-order valence-electron chi connectivity index (χ3n) is 2.65. The van der Waals surface area contributed by atoms with Crippen LogP contribution in [0.4, 0.5) is 8.78 Å². The van der Waals surface area contributed by atoms with E-state index in [-0.39, 0.29) is 11.3 Å². The molecule has 94 valence electrons. The van der Waals surface area contributed by atoms with Gasteiger partial charge in [-0.25, -0.2) is 8.78 Å². The van der Waals surface area contributed by atoms with E-state index in [2.05, 4.69) is 5.32 Å². The Hall–Kier alpha value is -1.40. The quantitative estimate of drug-likeness (QED) is 0.825. The lowest BCUT2D eigenvalue weighted by molar-refractivity contribution is 0.0237. The number of morpholine rings is 1. The molecule has 6 heteroatoms. The highest BCUT2D eigenvalue weighted by atomic mass is 19.1. The summed E-state index contributed by atoms with van der Waals surface area (Å²) in [4.78, 5) is 0. The van der Waals surface area contributed by atoms with E-state index >= 15 is 0 Å². The third kappa shape index (κ3) is 2.18. The van der Waals surface area contributed by atoms with Crippen LogP contribution in [0.5, 0.6) is 11.5 Å². The lowest BCUT2D eigenvalue weighted by atomic mass is 10.1. The molecule has 1 fully saturated rings. The molecule has 1 aliphatic heterocycles. The smallest absolute Gasteiger partial charge is 0.197 e. The van der Waals surface area contributed by atoms with Crippen molar-refractivity contribution in [3.05, 3.63) is 23.3 Å². The van der Waals surface area contributed by atoms with Crippen LogP contribution in [0.2, 0.25) is 0 Å². The van der Waals surface area contributed by atoms with Crippen molar-refractivity contribution in [3.8, 4) is 11.5 Å². The van der Waals surface area contributed by atoms with Crippen molar-refractivity contribution in [1.82, 2.24) is 5.32 Å². The Morgan fingerprint density at radius 1 is 1.47 bits per heavy atom. The van der Waals surface area contributed by atoms with Crippen LogP contribution in [0.1, 0.15) is 11.7 Å². The number of aromatic hydroxyl groups is 1. The maximum absolute atomic E-state index is 13.6. The molecule has 0 saturated carbocycles. The Morgan fingerprint density at radius 2 is 2.24 bits per heavy atom. The standard InChI is InChI=1S/C11H13F2NO3/c1-16-11-7(13)4-6(12)9(10(11)15)8-5-14-2-3-17-8/h4,8,14-15H,2-3,5H2,1H3. The van der Waals surface area contributed by atoms with E-state index in [0.29, 0.717) is 25.8 Å². The van der Waals surface area contributed by atoms with Crippen LogP contribution >= 0.6 is 0 Å². The second kappa shape index (κ2) is 4.85. The van der Waals surface area contributed by atoms with Gasteiger partial charge in [0.2, 0.25) is 0 Å². The summed E-state index contributed by atoms with van der Waals surface area (Å²) in [6.45, 7) is 1.43. The van der Waals surface area contributed by atoms with E-state index in [1.165, 1.54) is 7.11 Å². The van der Waals surface area contributed by atoms with Gasteiger partial charge in [0.25, 0.3) is 0 Å². The summed E-state index contributed by atoms with van der Waals surface area (Å²) >= 11 is 0. The molecule has 1 atom stereocenters. The molecule has 0 bridgehead atoms. The summed E-state index contributed by atoms with van der Waals surface area (Å²) < 4.78 is 36.9. The van der Waals surface area contributed by atoms with E-state index in [1.54, 1.807) is 0 Å². The maximum atomic E-state index is 13.6. The fourth-order valence-electron chi connectivity index (χ4n) is 1.85. The van der Waals surface area contributed by atoms with Crippen molar-refractivity contribution in [2.45, 2.75) is 6.10 Å². The summed E-state index contributed by atoms with van der Waals surface area (Å²) in [6, 6.07) is 0.686. The second-order valence-corrected chi connectivity index (χ2v) is 3.70. The van der Waals surface area contributed by atoms with E-state index in [0.717, 1.165) is 0 Å². The number of phenols is 1. The molecule has 1 aliphatic rings. The van der Waals surface area contributed by atoms with Crippen molar-refractivity contribution in [1.29, 1.82) is 0 Å². The molecule has 4 nitrogen and oxygen atoms in total. The molecular weight excluding hydrogens is 232 g/mol. The SMILES string of the molecule is COc1c(F)cc(F)c(C2CNCCO2)c1O. The molecule has 0 amide bonds. The van der Waals surface area contributed by atoms with Gasteiger partial charge in [-0.05, 0) is 0 Å². The third-order valence-corrected chi connectivity index (χ3v) is 2.65. The van der Waals surface area contributed by atoms with Crippen LogP contribution in [0, 0.1) is 11.6 Å². The van der Waals surface area contributed by atoms with Gasteiger partial charge in [0.1, 0.15) is 11.9 Å². The number of benzene rings is 1. The topological polar surface area (TPSA) is 50.7 Å². The Labute approximate surface area is 97.2 Å². The number of phenolic OH excluding ortho intramolecular Hbond substituents is 1. The molecule has 0 spiro atoms. The fraction of sp³-hybridized carbons (Fsp3) is 0.455. The highest BCUT2D eigenvalue weighted by Gasteiger charge is 2.27. The minimum atomic E-state index is -0.935. The van der Waals surface area contributed by atoms with Gasteiger partial charge >= 0.3 is 0 Å². The Bertz CT molecular complexity index is 420. The number of rotatable bonds is 2. The summed E-state index contributed by atoms with van der Waals surface area (Å²) in [5.41, 5.74) is -0.0737. The predicted octanol–water partition coefficient (Wildman–Crippen LogP) is 1.34. The minimum Gasteiger partial charge on any atom is -0.504 e. The maximum Gasteiger partial charge on any atom is 0.197 e. The van der Waals surface area contributed by atoms with Crippen LogP contribution < -0.4 is 10.1 Å². The number of halogens is 2. The monoisotopic (exact) mass is 245 g/mol. The molecule has 17 heavy (non-hydrogen) atoms. The van der Waals surface area contributed by atoms with Gasteiger partial charge in [0.15, 0.2) is 17.3 Å². The number of ether oxygens (including phenoxy) is 2. The second-order valence-electron chi connectivity index (χ2n) is 3.70. The highest BCUT2D eigenvalue weighted by molar-refractivity contribution is 5.48. The van der Waals surface area contributed by atoms with Gasteiger partial charge < -0.3 is 19.9 Å². The average molecular weight is 245 g/mol. The summed E-state index contributed by atoms with van der Waals surface area (Å²) in [5.74, 6) is -2.68. The molecular formula is C11H13F2NO3. The Balaban J connectivity index is 2.44. The van der Waals surface area contributed by atoms with Gasteiger partial charge in [-0.1, -0.05) is 0 Å². The number of methoxy groups -OCH3 is 1. The molecule has 1 aromatic carbocycles. The van der Waals surface area contributed by atoms with Gasteiger partial charge in [-0.15, -0.1) is 0 Å². The normalized spacial score (nSPS) is 20.3. The van der Waals surface area contributed by atoms with Crippen molar-refractivity contribution < 1.29 is 23.4 Å². The van der Waals surface area contributed by atoms with E-state index in [9.17, 15) is 13.9 Å². The van der Waals surface area contributed by atoms with E-state index in [4.69, 9.17) is 9.47 Å². The van der Waals surface area contributed by atoms with Gasteiger partial charge in [0.05, 0.1) is 19.3 Å². The van der Waals surface area contributed by atoms with Gasteiger partial charge in [-0.2, -0.15) is 0 Å². The van der Waals surface area contributed by atoms with Gasteiger partial charge in [0, 0.05) is 19.2 Å². The summed E-state index contributed by atoms with van der Waals surface area (Å²) in [6.07, 6.45) is -0.641. The van der Waals surface area contributed by atoms with Crippen molar-refractivity contribution in [2.75, 3.05) is 26.8 Å². The first-order valence-corrected chi connectivity index (χ1v) is 5.22. The van der Waals surface area contributed by atoms with E-state index < -0.39 is 23.5 Å². The van der Waals surface area contributed by atoms with Crippen molar-refractivity contribution in [3.63, 3.8) is 0 Å². The zero-order valence-corrected chi connectivity index (χ0v) is 9.30. The number of nitrogens with one attached hydrogen (secondary N) is 1. The lowest BCUT2D eigenvalue weighted by Crippen LogP contribution is -2.33. The fourth-order valence-corrected chi connectivity index (χ4v) is 1.85. The van der Waals surface area contributed by atoms with Gasteiger partial charge in [-0.3, -0.25) is 0 Å². The molecule has 0 radical (unpaired) electrons. The summed E-state index contributed by atoms with van der Waals surface area (Å²) in [7, 11) is 1.21. The first kappa shape index (κ1) is 12.1. The van der Waals surface area contributed by atoms with Crippen LogP contribution in [0.3, 0.4) is 0 Å². The van der Waals surface area contributed by atoms with Crippen LogP contribution in [0.25, 0.3) is 0 Å². The van der Waals surface area contributed by atoms with Crippen LogP contribution in [-0.4, -0.2) is 31.9 Å². The predicted molar refractivity (Wildman–Crippen MR) is 56.1 cm³/mol. The van der Waals surface area contributed by atoms with Crippen molar-refractivity contribution >= 4 is 0 Å². The van der Waals surface area contributed by atoms with E-state index in [1.807, 2.05) is 0 Å². The Morgan fingerprint density at radius 3 is 2.82 bits per heavy atom. The lowest BCUT2D eigenvalue weighted by Gasteiger charge is -2.25. The number of hydrogen-bond acceptors (Lipinski definition) is 4. The first-order valence-electron chi connectivity index (χ1n) is 5.22. The molecule has 0 aliphatic carbocycles. The molecule has 1 unspecified atom stereocenters. The Kier molecular flexibility index (Phi) is 3.44. The largest absolute Gasteiger partial charge is 0.504 e. The summed E-state index contributed by atoms with van der Waals surface area (Å²) in [5, 5.41) is 12.8. The molecule has 0 aromatic heterocycles. The minimum absolute atomic E-state index is 0.0737. The van der Waals surface area contributed by atoms with Crippen LogP contribution in [0.15, 0.2) is 6.07 Å². The average Bonchev–Trinajstić information content (AvgIpc) is 2.30. The first-order chi connectivity index (χ1) is 8.15. The molecule has 1 aromatic rings.